The number of esters is 1. The molecule has 5 heteroatoms. The molecule has 0 aliphatic carbocycles. The fourth-order valence-electron chi connectivity index (χ4n) is 1.07. The molecule has 0 fully saturated rings. The van der Waals surface area contributed by atoms with E-state index < -0.39 is 5.97 Å². The van der Waals surface area contributed by atoms with Crippen LogP contribution in [-0.2, 0) is 11.2 Å². The SMILES string of the molecule is CCCCc1nccc(C(=O)OC)n1.Cl. The minimum atomic E-state index is -0.412. The molecule has 15 heavy (non-hydrogen) atoms. The predicted octanol–water partition coefficient (Wildman–Crippen LogP) is 2.03. The van der Waals surface area contributed by atoms with Crippen LogP contribution in [0, 0.1) is 0 Å². The van der Waals surface area contributed by atoms with Gasteiger partial charge in [-0.15, -0.1) is 12.4 Å². The van der Waals surface area contributed by atoms with Crippen molar-refractivity contribution in [1.29, 1.82) is 0 Å². The Morgan fingerprint density at radius 2 is 2.27 bits per heavy atom. The molecule has 4 nitrogen and oxygen atoms in total. The summed E-state index contributed by atoms with van der Waals surface area (Å²) in [7, 11) is 1.34. The Kier molecular flexibility index (Phi) is 6.62. The lowest BCUT2D eigenvalue weighted by molar-refractivity contribution is 0.0593. The van der Waals surface area contributed by atoms with Gasteiger partial charge in [-0.1, -0.05) is 13.3 Å². The number of halogens is 1. The van der Waals surface area contributed by atoms with Crippen molar-refractivity contribution in [3.8, 4) is 0 Å². The Labute approximate surface area is 95.5 Å². The zero-order valence-corrected chi connectivity index (χ0v) is 9.71. The molecule has 0 unspecified atom stereocenters. The molecule has 0 radical (unpaired) electrons. The quantitative estimate of drug-likeness (QED) is 0.743. The number of nitrogens with zero attached hydrogens (tertiary/aromatic N) is 2. The van der Waals surface area contributed by atoms with Crippen LogP contribution >= 0.6 is 12.4 Å². The highest BCUT2D eigenvalue weighted by atomic mass is 35.5. The second kappa shape index (κ2) is 7.17. The topological polar surface area (TPSA) is 52.1 Å². The molecule has 0 aromatic carbocycles. The Bertz CT molecular complexity index is 318. The van der Waals surface area contributed by atoms with Crippen molar-refractivity contribution in [2.24, 2.45) is 0 Å². The van der Waals surface area contributed by atoms with E-state index in [1.54, 1.807) is 12.3 Å². The smallest absolute Gasteiger partial charge is 0.356 e. The predicted molar refractivity (Wildman–Crippen MR) is 59.2 cm³/mol. The minimum Gasteiger partial charge on any atom is -0.464 e. The Hall–Kier alpha value is -1.16. The standard InChI is InChI=1S/C10H14N2O2.ClH/c1-3-4-5-9-11-7-6-8(12-9)10(13)14-2;/h6-7H,3-5H2,1-2H3;1H. The van der Waals surface area contributed by atoms with Gasteiger partial charge in [-0.05, 0) is 12.5 Å². The van der Waals surface area contributed by atoms with Crippen molar-refractivity contribution in [1.82, 2.24) is 9.97 Å². The molecular formula is C10H15ClN2O2. The minimum absolute atomic E-state index is 0. The molecule has 0 saturated heterocycles. The van der Waals surface area contributed by atoms with Crippen LogP contribution < -0.4 is 0 Å². The number of rotatable bonds is 4. The summed E-state index contributed by atoms with van der Waals surface area (Å²) in [6, 6.07) is 1.56. The molecule has 0 amide bonds. The Balaban J connectivity index is 0.00000196. The summed E-state index contributed by atoms with van der Waals surface area (Å²) in [5.74, 6) is 0.292. The summed E-state index contributed by atoms with van der Waals surface area (Å²) in [6.07, 6.45) is 4.52. The Morgan fingerprint density at radius 1 is 1.53 bits per heavy atom. The van der Waals surface area contributed by atoms with Crippen molar-refractivity contribution in [3.05, 3.63) is 23.8 Å². The first-order valence-electron chi connectivity index (χ1n) is 4.68. The van der Waals surface area contributed by atoms with Gasteiger partial charge in [-0.3, -0.25) is 0 Å². The first-order valence-corrected chi connectivity index (χ1v) is 4.68. The number of aromatic nitrogens is 2. The number of ether oxygens (including phenoxy) is 1. The van der Waals surface area contributed by atoms with Crippen LogP contribution in [0.4, 0.5) is 0 Å². The number of unbranched alkanes of at least 4 members (excludes halogenated alkanes) is 1. The summed E-state index contributed by atoms with van der Waals surface area (Å²) < 4.78 is 4.57. The fourth-order valence-corrected chi connectivity index (χ4v) is 1.07. The highest BCUT2D eigenvalue weighted by Gasteiger charge is 2.07. The second-order valence-corrected chi connectivity index (χ2v) is 2.95. The van der Waals surface area contributed by atoms with Crippen molar-refractivity contribution in [2.75, 3.05) is 7.11 Å². The van der Waals surface area contributed by atoms with E-state index >= 15 is 0 Å². The van der Waals surface area contributed by atoms with Gasteiger partial charge in [0.25, 0.3) is 0 Å². The number of aryl methyl sites for hydroxylation is 1. The lowest BCUT2D eigenvalue weighted by Crippen LogP contribution is -2.07. The highest BCUT2D eigenvalue weighted by Crippen LogP contribution is 2.01. The van der Waals surface area contributed by atoms with Gasteiger partial charge in [0.2, 0.25) is 0 Å². The monoisotopic (exact) mass is 230 g/mol. The van der Waals surface area contributed by atoms with Gasteiger partial charge in [0, 0.05) is 12.6 Å². The average molecular weight is 231 g/mol. The maximum Gasteiger partial charge on any atom is 0.356 e. The van der Waals surface area contributed by atoms with E-state index in [0.717, 1.165) is 19.3 Å². The fraction of sp³-hybridized carbons (Fsp3) is 0.500. The summed E-state index contributed by atoms with van der Waals surface area (Å²) in [6.45, 7) is 2.10. The average Bonchev–Trinajstić information content (AvgIpc) is 2.25. The number of carbonyl (C=O) groups is 1. The first kappa shape index (κ1) is 13.8. The van der Waals surface area contributed by atoms with Gasteiger partial charge in [-0.25, -0.2) is 14.8 Å². The molecular weight excluding hydrogens is 216 g/mol. The summed E-state index contributed by atoms with van der Waals surface area (Å²) >= 11 is 0. The third-order valence-corrected chi connectivity index (χ3v) is 1.85. The van der Waals surface area contributed by atoms with E-state index in [1.807, 2.05) is 0 Å². The number of methoxy groups -OCH3 is 1. The molecule has 0 aliphatic heterocycles. The van der Waals surface area contributed by atoms with Gasteiger partial charge in [0.05, 0.1) is 7.11 Å². The van der Waals surface area contributed by atoms with Crippen molar-refractivity contribution < 1.29 is 9.53 Å². The molecule has 1 aromatic heterocycles. The molecule has 1 heterocycles. The van der Waals surface area contributed by atoms with Crippen LogP contribution in [-0.4, -0.2) is 23.0 Å². The maximum absolute atomic E-state index is 11.1. The zero-order valence-electron chi connectivity index (χ0n) is 8.90. The van der Waals surface area contributed by atoms with Gasteiger partial charge < -0.3 is 4.74 Å². The largest absolute Gasteiger partial charge is 0.464 e. The van der Waals surface area contributed by atoms with Gasteiger partial charge in [-0.2, -0.15) is 0 Å². The normalized spacial score (nSPS) is 9.20. The van der Waals surface area contributed by atoms with E-state index in [0.29, 0.717) is 11.5 Å². The van der Waals surface area contributed by atoms with E-state index in [4.69, 9.17) is 0 Å². The zero-order chi connectivity index (χ0) is 10.4. The first-order chi connectivity index (χ1) is 6.77. The van der Waals surface area contributed by atoms with Crippen molar-refractivity contribution in [2.45, 2.75) is 26.2 Å². The number of carbonyl (C=O) groups excluding carboxylic acids is 1. The maximum atomic E-state index is 11.1. The van der Waals surface area contributed by atoms with Crippen LogP contribution in [0.25, 0.3) is 0 Å². The molecule has 0 aliphatic rings. The molecule has 0 bridgehead atoms. The van der Waals surface area contributed by atoms with Crippen LogP contribution in [0.1, 0.15) is 36.1 Å². The molecule has 0 saturated carbocycles. The van der Waals surface area contributed by atoms with E-state index in [2.05, 4.69) is 21.6 Å². The number of hydrogen-bond acceptors (Lipinski definition) is 4. The van der Waals surface area contributed by atoms with E-state index in [9.17, 15) is 4.79 Å². The molecule has 0 N–H and O–H groups in total. The van der Waals surface area contributed by atoms with Crippen LogP contribution in [0.5, 0.6) is 0 Å². The molecule has 84 valence electrons. The van der Waals surface area contributed by atoms with Crippen LogP contribution in [0.15, 0.2) is 12.3 Å². The van der Waals surface area contributed by atoms with Crippen molar-refractivity contribution in [3.63, 3.8) is 0 Å². The van der Waals surface area contributed by atoms with E-state index in [-0.39, 0.29) is 12.4 Å². The summed E-state index contributed by atoms with van der Waals surface area (Å²) in [5.41, 5.74) is 0.327. The number of hydrogen-bond donors (Lipinski definition) is 0. The van der Waals surface area contributed by atoms with Crippen molar-refractivity contribution >= 4 is 18.4 Å². The van der Waals surface area contributed by atoms with Crippen LogP contribution in [0.3, 0.4) is 0 Å². The summed E-state index contributed by atoms with van der Waals surface area (Å²) in [5, 5.41) is 0. The molecule has 1 aromatic rings. The molecule has 0 spiro atoms. The Morgan fingerprint density at radius 3 is 2.87 bits per heavy atom. The van der Waals surface area contributed by atoms with Gasteiger partial charge in [0.15, 0.2) is 5.69 Å². The molecule has 1 rings (SSSR count). The third kappa shape index (κ3) is 4.25. The van der Waals surface area contributed by atoms with Gasteiger partial charge >= 0.3 is 5.97 Å². The lowest BCUT2D eigenvalue weighted by Gasteiger charge is -2.00. The molecule has 0 atom stereocenters. The lowest BCUT2D eigenvalue weighted by atomic mass is 10.2. The second-order valence-electron chi connectivity index (χ2n) is 2.95. The van der Waals surface area contributed by atoms with Gasteiger partial charge in [0.1, 0.15) is 5.82 Å². The highest BCUT2D eigenvalue weighted by molar-refractivity contribution is 5.86. The van der Waals surface area contributed by atoms with Crippen LogP contribution in [0.2, 0.25) is 0 Å². The third-order valence-electron chi connectivity index (χ3n) is 1.85. The summed E-state index contributed by atoms with van der Waals surface area (Å²) in [4.78, 5) is 19.3. The van der Waals surface area contributed by atoms with E-state index in [1.165, 1.54) is 7.11 Å².